The second kappa shape index (κ2) is 16.4. The van der Waals surface area contributed by atoms with E-state index >= 15 is 0 Å². The molecule has 2 atom stereocenters. The van der Waals surface area contributed by atoms with Crippen LogP contribution in [0.3, 0.4) is 0 Å². The molecule has 0 aliphatic carbocycles. The van der Waals surface area contributed by atoms with Crippen LogP contribution in [0.5, 0.6) is 0 Å². The third-order valence-electron chi connectivity index (χ3n) is 4.61. The van der Waals surface area contributed by atoms with Gasteiger partial charge in [0.15, 0.2) is 0 Å². The van der Waals surface area contributed by atoms with E-state index in [9.17, 15) is 0 Å². The fourth-order valence-electron chi connectivity index (χ4n) is 3.08. The maximum Gasteiger partial charge on any atom is -0.0391 e. The molecule has 0 aromatic heterocycles. The normalized spacial score (nSPS) is 14.0. The topological polar surface area (TPSA) is 0 Å². The predicted octanol–water partition coefficient (Wildman–Crippen LogP) is 8.11. The average molecular weight is 299 g/mol. The Morgan fingerprint density at radius 3 is 1.67 bits per heavy atom. The maximum absolute atomic E-state index is 2.43. The molecule has 0 fully saturated rings. The number of unbranched alkanes of at least 4 members (excludes halogenated alkanes) is 2. The van der Waals surface area contributed by atoms with Crippen molar-refractivity contribution in [2.45, 2.75) is 113 Å². The van der Waals surface area contributed by atoms with Crippen LogP contribution in [0.15, 0.2) is 0 Å². The Morgan fingerprint density at radius 1 is 0.619 bits per heavy atom. The monoisotopic (exact) mass is 298 g/mol. The molecular weight excluding hydrogens is 252 g/mol. The zero-order valence-electron chi connectivity index (χ0n) is 16.7. The summed E-state index contributed by atoms with van der Waals surface area (Å²) in [6.07, 6.45) is 12.9. The van der Waals surface area contributed by atoms with Gasteiger partial charge in [-0.2, -0.15) is 0 Å². The van der Waals surface area contributed by atoms with Gasteiger partial charge in [0.25, 0.3) is 0 Å². The van der Waals surface area contributed by atoms with Gasteiger partial charge in [-0.3, -0.25) is 0 Å². The van der Waals surface area contributed by atoms with Crippen molar-refractivity contribution in [3.8, 4) is 0 Å². The van der Waals surface area contributed by atoms with Crippen molar-refractivity contribution in [3.05, 3.63) is 0 Å². The molecule has 21 heavy (non-hydrogen) atoms. The first-order valence-electron chi connectivity index (χ1n) is 9.97. The zero-order valence-corrected chi connectivity index (χ0v) is 16.7. The van der Waals surface area contributed by atoms with Gasteiger partial charge in [-0.15, -0.1) is 0 Å². The van der Waals surface area contributed by atoms with E-state index in [2.05, 4.69) is 41.5 Å². The van der Waals surface area contributed by atoms with E-state index in [0.29, 0.717) is 0 Å². The van der Waals surface area contributed by atoms with Crippen LogP contribution in [-0.2, 0) is 0 Å². The molecule has 0 aliphatic heterocycles. The lowest BCUT2D eigenvalue weighted by molar-refractivity contribution is 0.293. The minimum absolute atomic E-state index is 0.874. The van der Waals surface area contributed by atoms with Crippen molar-refractivity contribution >= 4 is 0 Å². The molecule has 0 heteroatoms. The van der Waals surface area contributed by atoms with Gasteiger partial charge >= 0.3 is 0 Å². The molecule has 0 radical (unpaired) electrons. The number of hydrogen-bond donors (Lipinski definition) is 0. The third kappa shape index (κ3) is 16.2. The van der Waals surface area contributed by atoms with E-state index in [1.807, 2.05) is 13.8 Å². The van der Waals surface area contributed by atoms with E-state index in [4.69, 9.17) is 0 Å². The molecule has 0 bridgehead atoms. The zero-order chi connectivity index (χ0) is 16.7. The Morgan fingerprint density at radius 2 is 1.19 bits per heavy atom. The van der Waals surface area contributed by atoms with Crippen LogP contribution < -0.4 is 0 Å². The van der Waals surface area contributed by atoms with Crippen LogP contribution in [-0.4, -0.2) is 0 Å². The van der Waals surface area contributed by atoms with E-state index in [-0.39, 0.29) is 0 Å². The summed E-state index contributed by atoms with van der Waals surface area (Å²) in [5, 5.41) is 0. The van der Waals surface area contributed by atoms with Crippen LogP contribution in [0.1, 0.15) is 113 Å². The summed E-state index contributed by atoms with van der Waals surface area (Å²) in [5.74, 6) is 3.67. The molecule has 0 aliphatic rings. The largest absolute Gasteiger partial charge is 0.0683 e. The molecule has 0 saturated carbocycles. The van der Waals surface area contributed by atoms with E-state index in [0.717, 1.165) is 23.7 Å². The van der Waals surface area contributed by atoms with Gasteiger partial charge in [0.2, 0.25) is 0 Å². The highest BCUT2D eigenvalue weighted by molar-refractivity contribution is 4.66. The summed E-state index contributed by atoms with van der Waals surface area (Å²) in [6, 6.07) is 0. The van der Waals surface area contributed by atoms with Gasteiger partial charge in [0.05, 0.1) is 0 Å². The van der Waals surface area contributed by atoms with Crippen molar-refractivity contribution in [2.24, 2.45) is 23.7 Å². The van der Waals surface area contributed by atoms with Crippen LogP contribution in [0.25, 0.3) is 0 Å². The Kier molecular flexibility index (Phi) is 18.1. The van der Waals surface area contributed by atoms with E-state index in [1.54, 1.807) is 0 Å². The first kappa shape index (κ1) is 23.3. The highest BCUT2D eigenvalue weighted by Gasteiger charge is 2.14. The van der Waals surface area contributed by atoms with Crippen LogP contribution in [0.2, 0.25) is 0 Å². The molecule has 0 rings (SSSR count). The molecule has 0 saturated heterocycles. The lowest BCUT2D eigenvalue weighted by Gasteiger charge is -2.22. The van der Waals surface area contributed by atoms with Crippen molar-refractivity contribution in [2.75, 3.05) is 0 Å². The third-order valence-corrected chi connectivity index (χ3v) is 4.61. The summed E-state index contributed by atoms with van der Waals surface area (Å²) in [7, 11) is 0. The van der Waals surface area contributed by atoms with Crippen LogP contribution >= 0.6 is 0 Å². The molecular formula is C21H46. The molecule has 0 aromatic carbocycles. The van der Waals surface area contributed by atoms with E-state index in [1.165, 1.54) is 57.8 Å². The first-order chi connectivity index (χ1) is 9.97. The first-order valence-corrected chi connectivity index (χ1v) is 9.97. The van der Waals surface area contributed by atoms with Crippen molar-refractivity contribution in [3.63, 3.8) is 0 Å². The molecule has 0 spiro atoms. The highest BCUT2D eigenvalue weighted by atomic mass is 14.2. The van der Waals surface area contributed by atoms with Gasteiger partial charge in [-0.1, -0.05) is 107 Å². The summed E-state index contributed by atoms with van der Waals surface area (Å²) in [6.45, 7) is 18.3. The van der Waals surface area contributed by atoms with Gasteiger partial charge in [-0.25, -0.2) is 0 Å². The smallest absolute Gasteiger partial charge is 0.0391 e. The summed E-state index contributed by atoms with van der Waals surface area (Å²) in [4.78, 5) is 0. The van der Waals surface area contributed by atoms with Gasteiger partial charge in [0.1, 0.15) is 0 Å². The Labute approximate surface area is 137 Å². The fraction of sp³-hybridized carbons (Fsp3) is 1.00. The van der Waals surface area contributed by atoms with Crippen LogP contribution in [0, 0.1) is 23.7 Å². The summed E-state index contributed by atoms with van der Waals surface area (Å²) >= 11 is 0. The molecule has 130 valence electrons. The molecule has 0 aromatic rings. The minimum atomic E-state index is 0.874. The Bertz CT molecular complexity index is 180. The Hall–Kier alpha value is 0. The molecule has 0 N–H and O–H groups in total. The summed E-state index contributed by atoms with van der Waals surface area (Å²) < 4.78 is 0. The highest BCUT2D eigenvalue weighted by Crippen LogP contribution is 2.27. The predicted molar refractivity (Wildman–Crippen MR) is 101 cm³/mol. The van der Waals surface area contributed by atoms with Crippen molar-refractivity contribution in [1.82, 2.24) is 0 Å². The number of rotatable bonds is 12. The van der Waals surface area contributed by atoms with E-state index < -0.39 is 0 Å². The Balaban J connectivity index is 0. The SMILES string of the molecule is CC.CCCC(C)CCC(CCCCCC(C)C)C(C)C. The molecule has 0 nitrogen and oxygen atoms in total. The molecule has 2 unspecified atom stereocenters. The number of hydrogen-bond acceptors (Lipinski definition) is 0. The quantitative estimate of drug-likeness (QED) is 0.319. The lowest BCUT2D eigenvalue weighted by Crippen LogP contribution is -2.10. The lowest BCUT2D eigenvalue weighted by atomic mass is 9.83. The minimum Gasteiger partial charge on any atom is -0.0683 e. The summed E-state index contributed by atoms with van der Waals surface area (Å²) in [5.41, 5.74) is 0. The van der Waals surface area contributed by atoms with Crippen molar-refractivity contribution in [1.29, 1.82) is 0 Å². The second-order valence-corrected chi connectivity index (χ2v) is 7.51. The van der Waals surface area contributed by atoms with Gasteiger partial charge in [0, 0.05) is 0 Å². The second-order valence-electron chi connectivity index (χ2n) is 7.51. The maximum atomic E-state index is 2.43. The average Bonchev–Trinajstić information content (AvgIpc) is 2.43. The fourth-order valence-corrected chi connectivity index (χ4v) is 3.08. The van der Waals surface area contributed by atoms with Crippen LogP contribution in [0.4, 0.5) is 0 Å². The standard InChI is InChI=1S/C19H40.C2H6/c1-7-11-18(6)14-15-19(17(4)5)13-10-8-9-12-16(2)3;1-2/h16-19H,7-15H2,1-6H3;1-2H3. The van der Waals surface area contributed by atoms with Crippen molar-refractivity contribution < 1.29 is 0 Å². The van der Waals surface area contributed by atoms with Gasteiger partial charge in [-0.05, 0) is 30.1 Å². The molecule has 0 amide bonds. The molecule has 0 heterocycles. The van der Waals surface area contributed by atoms with Gasteiger partial charge < -0.3 is 0 Å².